The van der Waals surface area contributed by atoms with Gasteiger partial charge in [0.2, 0.25) is 0 Å². The highest BCUT2D eigenvalue weighted by Crippen LogP contribution is 2.33. The van der Waals surface area contributed by atoms with Crippen molar-refractivity contribution in [2.24, 2.45) is 0 Å². The number of anilines is 1. The number of hydrogen-bond acceptors (Lipinski definition) is 3. The van der Waals surface area contributed by atoms with Gasteiger partial charge < -0.3 is 9.64 Å². The Kier molecular flexibility index (Phi) is 4.50. The van der Waals surface area contributed by atoms with Crippen LogP contribution in [-0.2, 0) is 6.18 Å². The maximum atomic E-state index is 13.0. The van der Waals surface area contributed by atoms with Gasteiger partial charge in [0.15, 0.2) is 0 Å². The average Bonchev–Trinajstić information content (AvgIpc) is 2.72. The normalized spacial score (nSPS) is 13.6. The number of aromatic nitrogens is 1. The molecule has 0 radical (unpaired) electrons. The number of fused-ring (bicyclic) bond motifs is 1. The number of rotatable bonds is 2. The number of hydrogen-bond donors (Lipinski definition) is 0. The van der Waals surface area contributed by atoms with E-state index in [0.717, 1.165) is 12.1 Å². The van der Waals surface area contributed by atoms with Gasteiger partial charge in [0, 0.05) is 18.0 Å². The van der Waals surface area contributed by atoms with Crippen LogP contribution in [0.2, 0.25) is 0 Å². The van der Waals surface area contributed by atoms with Crippen LogP contribution in [0.25, 0.3) is 11.1 Å². The van der Waals surface area contributed by atoms with Crippen molar-refractivity contribution < 1.29 is 22.7 Å². The minimum absolute atomic E-state index is 0.239. The van der Waals surface area contributed by atoms with E-state index in [9.17, 15) is 18.0 Å². The summed E-state index contributed by atoms with van der Waals surface area (Å²) in [4.78, 5) is 18.7. The molecule has 4 nitrogen and oxygen atoms in total. The van der Waals surface area contributed by atoms with Crippen LogP contribution in [0.1, 0.15) is 15.9 Å². The molecule has 0 N–H and O–H groups in total. The van der Waals surface area contributed by atoms with Crippen molar-refractivity contribution in [3.63, 3.8) is 0 Å². The van der Waals surface area contributed by atoms with Crippen molar-refractivity contribution in [1.29, 1.82) is 0 Å². The van der Waals surface area contributed by atoms with Crippen LogP contribution >= 0.6 is 0 Å². The van der Waals surface area contributed by atoms with E-state index in [1.165, 1.54) is 24.5 Å². The van der Waals surface area contributed by atoms with Gasteiger partial charge in [-0.3, -0.25) is 9.78 Å². The monoisotopic (exact) mass is 384 g/mol. The molecule has 4 rings (SSSR count). The number of para-hydroxylation sites is 2. The van der Waals surface area contributed by atoms with Crippen molar-refractivity contribution in [3.05, 3.63) is 78.1 Å². The summed E-state index contributed by atoms with van der Waals surface area (Å²) in [5.41, 5.74) is 1.44. The molecule has 0 bridgehead atoms. The highest BCUT2D eigenvalue weighted by molar-refractivity contribution is 6.07. The lowest BCUT2D eigenvalue weighted by Gasteiger charge is -2.29. The SMILES string of the molecule is O=C(c1cncc(-c2ccc(C(F)(F)F)cc2)c1)N1CCOc2ccccc21. The molecule has 0 saturated heterocycles. The highest BCUT2D eigenvalue weighted by Gasteiger charge is 2.30. The molecule has 0 atom stereocenters. The molecule has 1 aliphatic heterocycles. The molecule has 0 unspecified atom stereocenters. The molecule has 0 fully saturated rings. The third kappa shape index (κ3) is 3.43. The quantitative estimate of drug-likeness (QED) is 0.637. The van der Waals surface area contributed by atoms with E-state index in [1.807, 2.05) is 12.1 Å². The number of ether oxygens (including phenoxy) is 1. The molecule has 0 spiro atoms. The van der Waals surface area contributed by atoms with E-state index in [2.05, 4.69) is 4.98 Å². The fraction of sp³-hybridized carbons (Fsp3) is 0.143. The number of pyridine rings is 1. The Bertz CT molecular complexity index is 1020. The topological polar surface area (TPSA) is 42.4 Å². The summed E-state index contributed by atoms with van der Waals surface area (Å²) in [5, 5.41) is 0. The van der Waals surface area contributed by atoms with Crippen LogP contribution in [0.15, 0.2) is 67.0 Å². The van der Waals surface area contributed by atoms with Gasteiger partial charge in [0.05, 0.1) is 23.4 Å². The number of amides is 1. The third-order valence-corrected chi connectivity index (χ3v) is 4.50. The number of nitrogens with zero attached hydrogens (tertiary/aromatic N) is 2. The Balaban J connectivity index is 1.64. The maximum Gasteiger partial charge on any atom is 0.416 e. The predicted molar refractivity (Wildman–Crippen MR) is 98.3 cm³/mol. The van der Waals surface area contributed by atoms with Gasteiger partial charge in [-0.1, -0.05) is 24.3 Å². The van der Waals surface area contributed by atoms with Crippen LogP contribution in [0.4, 0.5) is 18.9 Å². The Labute approximate surface area is 159 Å². The molecule has 1 aromatic heterocycles. The third-order valence-electron chi connectivity index (χ3n) is 4.50. The summed E-state index contributed by atoms with van der Waals surface area (Å²) < 4.78 is 43.8. The first-order chi connectivity index (χ1) is 13.4. The zero-order chi connectivity index (χ0) is 19.7. The molecule has 1 aliphatic rings. The fourth-order valence-electron chi connectivity index (χ4n) is 3.10. The van der Waals surface area contributed by atoms with Crippen molar-refractivity contribution in [3.8, 4) is 16.9 Å². The van der Waals surface area contributed by atoms with Crippen LogP contribution in [-0.4, -0.2) is 24.0 Å². The molecule has 7 heteroatoms. The molecule has 0 aliphatic carbocycles. The molecular formula is C21H15F3N2O2. The van der Waals surface area contributed by atoms with E-state index in [1.54, 1.807) is 23.1 Å². The van der Waals surface area contributed by atoms with E-state index in [4.69, 9.17) is 4.74 Å². The van der Waals surface area contributed by atoms with Crippen LogP contribution in [0, 0.1) is 0 Å². The van der Waals surface area contributed by atoms with Crippen LogP contribution < -0.4 is 9.64 Å². The minimum Gasteiger partial charge on any atom is -0.490 e. The van der Waals surface area contributed by atoms with E-state index < -0.39 is 11.7 Å². The van der Waals surface area contributed by atoms with Gasteiger partial charge >= 0.3 is 6.18 Å². The lowest BCUT2D eigenvalue weighted by molar-refractivity contribution is -0.137. The molecule has 1 amide bonds. The van der Waals surface area contributed by atoms with Gasteiger partial charge in [0.1, 0.15) is 12.4 Å². The fourth-order valence-corrected chi connectivity index (χ4v) is 3.10. The van der Waals surface area contributed by atoms with Crippen molar-refractivity contribution >= 4 is 11.6 Å². The highest BCUT2D eigenvalue weighted by atomic mass is 19.4. The van der Waals surface area contributed by atoms with Crippen molar-refractivity contribution in [2.75, 3.05) is 18.1 Å². The first-order valence-electron chi connectivity index (χ1n) is 8.60. The van der Waals surface area contributed by atoms with Gasteiger partial charge in [-0.25, -0.2) is 0 Å². The first kappa shape index (κ1) is 18.0. The molecule has 3 aromatic rings. The Hall–Kier alpha value is -3.35. The summed E-state index contributed by atoms with van der Waals surface area (Å²) >= 11 is 0. The van der Waals surface area contributed by atoms with E-state index in [0.29, 0.717) is 41.3 Å². The molecule has 2 aromatic carbocycles. The summed E-state index contributed by atoms with van der Waals surface area (Å²) in [5.74, 6) is 0.394. The minimum atomic E-state index is -4.39. The zero-order valence-corrected chi connectivity index (χ0v) is 14.6. The maximum absolute atomic E-state index is 13.0. The summed E-state index contributed by atoms with van der Waals surface area (Å²) in [6.07, 6.45) is -1.42. The average molecular weight is 384 g/mol. The number of carbonyl (C=O) groups is 1. The summed E-state index contributed by atoms with van der Waals surface area (Å²) in [7, 11) is 0. The van der Waals surface area contributed by atoms with Crippen molar-refractivity contribution in [2.45, 2.75) is 6.18 Å². The lowest BCUT2D eigenvalue weighted by atomic mass is 10.0. The Morgan fingerprint density at radius 3 is 2.50 bits per heavy atom. The molecular weight excluding hydrogens is 369 g/mol. The lowest BCUT2D eigenvalue weighted by Crippen LogP contribution is -2.38. The number of carbonyl (C=O) groups excluding carboxylic acids is 1. The second kappa shape index (κ2) is 6.99. The van der Waals surface area contributed by atoms with Crippen molar-refractivity contribution in [1.82, 2.24) is 4.98 Å². The standard InChI is InChI=1S/C21H15F3N2O2/c22-21(23,24)17-7-5-14(6-8-17)15-11-16(13-25-12-15)20(27)26-9-10-28-19-4-2-1-3-18(19)26/h1-8,11-13H,9-10H2. The van der Waals surface area contributed by atoms with Crippen LogP contribution in [0.5, 0.6) is 5.75 Å². The summed E-state index contributed by atoms with van der Waals surface area (Å²) in [6.45, 7) is 0.787. The van der Waals surface area contributed by atoms with E-state index >= 15 is 0 Å². The zero-order valence-electron chi connectivity index (χ0n) is 14.6. The molecule has 2 heterocycles. The number of halogens is 3. The van der Waals surface area contributed by atoms with Gasteiger partial charge in [0.25, 0.3) is 5.91 Å². The molecule has 0 saturated carbocycles. The number of benzene rings is 2. The van der Waals surface area contributed by atoms with E-state index in [-0.39, 0.29) is 5.91 Å². The molecule has 28 heavy (non-hydrogen) atoms. The first-order valence-corrected chi connectivity index (χ1v) is 8.60. The second-order valence-corrected chi connectivity index (χ2v) is 6.31. The second-order valence-electron chi connectivity index (χ2n) is 6.31. The van der Waals surface area contributed by atoms with Gasteiger partial charge in [-0.15, -0.1) is 0 Å². The van der Waals surface area contributed by atoms with Gasteiger partial charge in [-0.05, 0) is 35.9 Å². The van der Waals surface area contributed by atoms with Gasteiger partial charge in [-0.2, -0.15) is 13.2 Å². The van der Waals surface area contributed by atoms with Crippen LogP contribution in [0.3, 0.4) is 0 Å². The summed E-state index contributed by atoms with van der Waals surface area (Å²) in [6, 6.07) is 13.7. The smallest absolute Gasteiger partial charge is 0.416 e. The Morgan fingerprint density at radius 1 is 1.00 bits per heavy atom. The largest absolute Gasteiger partial charge is 0.490 e. The molecule has 142 valence electrons. The predicted octanol–water partition coefficient (Wildman–Crippen LogP) is 4.81. The Morgan fingerprint density at radius 2 is 1.75 bits per heavy atom. The number of alkyl halides is 3.